The zero-order valence-corrected chi connectivity index (χ0v) is 12.4. The molecule has 1 saturated heterocycles. The van der Waals surface area contributed by atoms with E-state index in [9.17, 15) is 4.79 Å². The fourth-order valence-corrected chi connectivity index (χ4v) is 2.75. The van der Waals surface area contributed by atoms with Crippen LogP contribution in [0.5, 0.6) is 0 Å². The molecular formula is C14H19BrN2O2. The van der Waals surface area contributed by atoms with Crippen molar-refractivity contribution in [2.75, 3.05) is 19.8 Å². The average molecular weight is 327 g/mol. The van der Waals surface area contributed by atoms with Crippen molar-refractivity contribution in [2.24, 2.45) is 11.1 Å². The van der Waals surface area contributed by atoms with Gasteiger partial charge in [0.05, 0.1) is 5.41 Å². The molecule has 1 aliphatic rings. The molecule has 1 amide bonds. The van der Waals surface area contributed by atoms with Crippen LogP contribution >= 0.6 is 15.9 Å². The summed E-state index contributed by atoms with van der Waals surface area (Å²) in [4.78, 5) is 12.4. The molecule has 0 bridgehead atoms. The van der Waals surface area contributed by atoms with Crippen molar-refractivity contribution in [1.82, 2.24) is 5.32 Å². The quantitative estimate of drug-likeness (QED) is 0.887. The van der Waals surface area contributed by atoms with Crippen LogP contribution in [0, 0.1) is 5.41 Å². The molecule has 0 saturated carbocycles. The Hall–Kier alpha value is -0.910. The Morgan fingerprint density at radius 1 is 1.42 bits per heavy atom. The Kier molecular flexibility index (Phi) is 4.96. The van der Waals surface area contributed by atoms with Gasteiger partial charge in [0, 0.05) is 30.8 Å². The van der Waals surface area contributed by atoms with Crippen LogP contribution in [-0.4, -0.2) is 25.7 Å². The van der Waals surface area contributed by atoms with Gasteiger partial charge in [0.1, 0.15) is 0 Å². The summed E-state index contributed by atoms with van der Waals surface area (Å²) in [7, 11) is 0. The van der Waals surface area contributed by atoms with Crippen molar-refractivity contribution in [2.45, 2.75) is 19.4 Å². The number of nitrogens with one attached hydrogen (secondary N) is 1. The zero-order valence-electron chi connectivity index (χ0n) is 10.8. The number of ether oxygens (including phenoxy) is 1. The Morgan fingerprint density at radius 2 is 2.16 bits per heavy atom. The summed E-state index contributed by atoms with van der Waals surface area (Å²) in [6.45, 7) is 2.13. The maximum absolute atomic E-state index is 12.4. The smallest absolute Gasteiger partial charge is 0.227 e. The highest BCUT2D eigenvalue weighted by Crippen LogP contribution is 2.29. The first-order valence-electron chi connectivity index (χ1n) is 6.47. The molecule has 2 rings (SSSR count). The van der Waals surface area contributed by atoms with Gasteiger partial charge in [-0.1, -0.05) is 28.1 Å². The number of hydrogen-bond acceptors (Lipinski definition) is 3. The molecule has 5 heteroatoms. The molecule has 1 heterocycles. The fraction of sp³-hybridized carbons (Fsp3) is 0.500. The lowest BCUT2D eigenvalue weighted by atomic mass is 9.79. The Labute approximate surface area is 121 Å². The molecule has 1 fully saturated rings. The van der Waals surface area contributed by atoms with Crippen molar-refractivity contribution in [1.29, 1.82) is 0 Å². The fourth-order valence-electron chi connectivity index (χ4n) is 2.30. The zero-order chi connectivity index (χ0) is 13.7. The van der Waals surface area contributed by atoms with E-state index in [2.05, 4.69) is 21.2 Å². The Balaban J connectivity index is 1.96. The van der Waals surface area contributed by atoms with Gasteiger partial charge in [-0.3, -0.25) is 4.79 Å². The number of amides is 1. The highest BCUT2D eigenvalue weighted by Gasteiger charge is 2.38. The van der Waals surface area contributed by atoms with Crippen molar-refractivity contribution < 1.29 is 9.53 Å². The molecule has 4 nitrogen and oxygen atoms in total. The van der Waals surface area contributed by atoms with E-state index in [4.69, 9.17) is 10.5 Å². The van der Waals surface area contributed by atoms with Gasteiger partial charge in [-0.05, 0) is 30.5 Å². The van der Waals surface area contributed by atoms with Crippen molar-refractivity contribution in [3.05, 3.63) is 34.3 Å². The first kappa shape index (κ1) is 14.5. The van der Waals surface area contributed by atoms with E-state index in [-0.39, 0.29) is 5.91 Å². The van der Waals surface area contributed by atoms with Crippen LogP contribution in [0.4, 0.5) is 0 Å². The van der Waals surface area contributed by atoms with Crippen LogP contribution in [0.25, 0.3) is 0 Å². The van der Waals surface area contributed by atoms with Crippen LogP contribution in [0.3, 0.4) is 0 Å². The standard InChI is InChI=1S/C14H19BrN2O2/c15-12-3-1-2-11(8-12)9-17-13(18)14(10-16)4-6-19-7-5-14/h1-3,8H,4-7,9-10,16H2,(H,17,18). The van der Waals surface area contributed by atoms with Crippen molar-refractivity contribution in [3.63, 3.8) is 0 Å². The number of benzene rings is 1. The second kappa shape index (κ2) is 6.50. The Bertz CT molecular complexity index is 445. The predicted molar refractivity (Wildman–Crippen MR) is 77.5 cm³/mol. The summed E-state index contributed by atoms with van der Waals surface area (Å²) < 4.78 is 6.33. The molecule has 0 aromatic heterocycles. The summed E-state index contributed by atoms with van der Waals surface area (Å²) in [5.41, 5.74) is 6.43. The van der Waals surface area contributed by atoms with Crippen LogP contribution in [0.2, 0.25) is 0 Å². The second-order valence-electron chi connectivity index (χ2n) is 4.91. The van der Waals surface area contributed by atoms with E-state index < -0.39 is 5.41 Å². The summed E-state index contributed by atoms with van der Waals surface area (Å²) >= 11 is 3.42. The van der Waals surface area contributed by atoms with Crippen molar-refractivity contribution in [3.8, 4) is 0 Å². The van der Waals surface area contributed by atoms with Gasteiger partial charge >= 0.3 is 0 Å². The number of carbonyl (C=O) groups is 1. The van der Waals surface area contributed by atoms with E-state index >= 15 is 0 Å². The first-order valence-corrected chi connectivity index (χ1v) is 7.26. The third-order valence-electron chi connectivity index (χ3n) is 3.66. The van der Waals surface area contributed by atoms with E-state index in [0.29, 0.717) is 39.1 Å². The first-order chi connectivity index (χ1) is 9.16. The second-order valence-corrected chi connectivity index (χ2v) is 5.83. The molecule has 0 aliphatic carbocycles. The lowest BCUT2D eigenvalue weighted by Gasteiger charge is -2.34. The van der Waals surface area contributed by atoms with E-state index in [1.54, 1.807) is 0 Å². The van der Waals surface area contributed by atoms with Crippen LogP contribution < -0.4 is 11.1 Å². The van der Waals surface area contributed by atoms with Crippen LogP contribution in [0.1, 0.15) is 18.4 Å². The number of nitrogens with two attached hydrogens (primary N) is 1. The summed E-state index contributed by atoms with van der Waals surface area (Å²) in [5.74, 6) is 0.0401. The maximum Gasteiger partial charge on any atom is 0.227 e. The minimum Gasteiger partial charge on any atom is -0.381 e. The van der Waals surface area contributed by atoms with Gasteiger partial charge in [0.15, 0.2) is 0 Å². The van der Waals surface area contributed by atoms with Crippen LogP contribution in [0.15, 0.2) is 28.7 Å². The van der Waals surface area contributed by atoms with E-state index in [1.165, 1.54) is 0 Å². The average Bonchev–Trinajstić information content (AvgIpc) is 2.45. The van der Waals surface area contributed by atoms with Gasteiger partial charge in [-0.2, -0.15) is 0 Å². The number of rotatable bonds is 4. The third kappa shape index (κ3) is 3.55. The van der Waals surface area contributed by atoms with Crippen LogP contribution in [-0.2, 0) is 16.1 Å². The molecule has 3 N–H and O–H groups in total. The number of hydrogen-bond donors (Lipinski definition) is 2. The topological polar surface area (TPSA) is 64.4 Å². The predicted octanol–water partition coefficient (Wildman–Crippen LogP) is 1.82. The summed E-state index contributed by atoms with van der Waals surface area (Å²) in [6, 6.07) is 7.91. The highest BCUT2D eigenvalue weighted by molar-refractivity contribution is 9.10. The molecule has 0 unspecified atom stereocenters. The van der Waals surface area contributed by atoms with E-state index in [0.717, 1.165) is 10.0 Å². The normalized spacial score (nSPS) is 18.0. The third-order valence-corrected chi connectivity index (χ3v) is 4.16. The van der Waals surface area contributed by atoms with Gasteiger partial charge < -0.3 is 15.8 Å². The van der Waals surface area contributed by atoms with Crippen molar-refractivity contribution >= 4 is 21.8 Å². The largest absolute Gasteiger partial charge is 0.381 e. The van der Waals surface area contributed by atoms with Gasteiger partial charge in [0.25, 0.3) is 0 Å². The van der Waals surface area contributed by atoms with Gasteiger partial charge in [0.2, 0.25) is 5.91 Å². The monoisotopic (exact) mass is 326 g/mol. The molecule has 19 heavy (non-hydrogen) atoms. The number of carbonyl (C=O) groups excluding carboxylic acids is 1. The minimum atomic E-state index is -0.454. The molecule has 1 aliphatic heterocycles. The molecule has 104 valence electrons. The molecule has 0 spiro atoms. The highest BCUT2D eigenvalue weighted by atomic mass is 79.9. The SMILES string of the molecule is NCC1(C(=O)NCc2cccc(Br)c2)CCOCC1. The molecule has 1 aromatic carbocycles. The maximum atomic E-state index is 12.4. The molecule has 0 atom stereocenters. The molecule has 0 radical (unpaired) electrons. The van der Waals surface area contributed by atoms with Gasteiger partial charge in [-0.25, -0.2) is 0 Å². The Morgan fingerprint density at radius 3 is 2.79 bits per heavy atom. The minimum absolute atomic E-state index is 0.0401. The lowest BCUT2D eigenvalue weighted by Crippen LogP contribution is -2.48. The molecular weight excluding hydrogens is 308 g/mol. The van der Waals surface area contributed by atoms with E-state index in [1.807, 2.05) is 24.3 Å². The number of halogens is 1. The molecule has 1 aromatic rings. The summed E-state index contributed by atoms with van der Waals surface area (Å²) in [5, 5.41) is 2.99. The van der Waals surface area contributed by atoms with Gasteiger partial charge in [-0.15, -0.1) is 0 Å². The summed E-state index contributed by atoms with van der Waals surface area (Å²) in [6.07, 6.45) is 1.40. The lowest BCUT2D eigenvalue weighted by molar-refractivity contribution is -0.136.